The van der Waals surface area contributed by atoms with Crippen molar-refractivity contribution >= 4 is 23.4 Å². The monoisotopic (exact) mass is 297 g/mol. The van der Waals surface area contributed by atoms with E-state index in [1.807, 2.05) is 18.2 Å². The van der Waals surface area contributed by atoms with Crippen molar-refractivity contribution in [1.82, 2.24) is 15.0 Å². The summed E-state index contributed by atoms with van der Waals surface area (Å²) in [5.41, 5.74) is 1.11. The van der Waals surface area contributed by atoms with E-state index in [0.29, 0.717) is 22.6 Å². The number of halogens is 1. The third-order valence-corrected chi connectivity index (χ3v) is 2.89. The topological polar surface area (TPSA) is 87.6 Å². The average Bonchev–Trinajstić information content (AvgIpc) is 2.97. The van der Waals surface area contributed by atoms with Gasteiger partial charge in [-0.2, -0.15) is 5.26 Å². The molecule has 0 radical (unpaired) electrons. The fourth-order valence-electron chi connectivity index (χ4n) is 1.64. The molecule has 1 N–H and O–H groups in total. The molecule has 0 fully saturated rings. The van der Waals surface area contributed by atoms with E-state index in [0.717, 1.165) is 5.56 Å². The molecule has 2 heterocycles. The van der Waals surface area contributed by atoms with E-state index in [-0.39, 0.29) is 5.69 Å². The van der Waals surface area contributed by atoms with Crippen LogP contribution in [-0.2, 0) is 0 Å². The van der Waals surface area contributed by atoms with Crippen LogP contribution < -0.4 is 5.32 Å². The van der Waals surface area contributed by atoms with Crippen LogP contribution in [0.3, 0.4) is 0 Å². The van der Waals surface area contributed by atoms with Crippen LogP contribution in [0.15, 0.2) is 47.3 Å². The Kier molecular flexibility index (Phi) is 3.50. The van der Waals surface area contributed by atoms with Gasteiger partial charge in [-0.1, -0.05) is 11.6 Å². The second kappa shape index (κ2) is 5.61. The van der Waals surface area contributed by atoms with Crippen LogP contribution in [0.1, 0.15) is 5.69 Å². The summed E-state index contributed by atoms with van der Waals surface area (Å²) in [6.07, 6.45) is 4.40. The number of oxazole rings is 1. The quantitative estimate of drug-likeness (QED) is 0.797. The van der Waals surface area contributed by atoms with Gasteiger partial charge in [0.25, 0.3) is 0 Å². The molecule has 6 nitrogen and oxygen atoms in total. The first-order valence-electron chi connectivity index (χ1n) is 5.95. The molecule has 2 aromatic heterocycles. The van der Waals surface area contributed by atoms with Gasteiger partial charge in [0.2, 0.25) is 0 Å². The Bertz CT molecular complexity index is 789. The lowest BCUT2D eigenvalue weighted by Crippen LogP contribution is -1.95. The van der Waals surface area contributed by atoms with Crippen LogP contribution in [-0.4, -0.2) is 15.0 Å². The largest absolute Gasteiger partial charge is 0.423 e. The Hall–Kier alpha value is -2.91. The standard InChI is InChI=1S/C14H8ClN5O/c15-10-3-1-9(2-4-10)12-7-19-14(21-12)20-13-8-17-11(5-16)6-18-13/h1-4,6-8H,(H,18,19,20). The molecule has 0 atom stereocenters. The summed E-state index contributed by atoms with van der Waals surface area (Å²) >= 11 is 5.84. The third kappa shape index (κ3) is 2.99. The summed E-state index contributed by atoms with van der Waals surface area (Å²) in [5.74, 6) is 1.05. The van der Waals surface area contributed by atoms with Crippen molar-refractivity contribution in [3.63, 3.8) is 0 Å². The lowest BCUT2D eigenvalue weighted by Gasteiger charge is -1.99. The van der Waals surface area contributed by atoms with E-state index in [1.54, 1.807) is 18.3 Å². The summed E-state index contributed by atoms with van der Waals surface area (Å²) in [6, 6.07) is 9.42. The van der Waals surface area contributed by atoms with Gasteiger partial charge in [-0.25, -0.2) is 15.0 Å². The van der Waals surface area contributed by atoms with E-state index in [9.17, 15) is 0 Å². The van der Waals surface area contributed by atoms with Gasteiger partial charge in [0.1, 0.15) is 6.07 Å². The highest BCUT2D eigenvalue weighted by molar-refractivity contribution is 6.30. The Balaban J connectivity index is 1.78. The normalized spacial score (nSPS) is 10.1. The van der Waals surface area contributed by atoms with Crippen LogP contribution >= 0.6 is 11.6 Å². The second-order valence-electron chi connectivity index (χ2n) is 4.06. The molecule has 0 aliphatic rings. The fraction of sp³-hybridized carbons (Fsp3) is 0. The number of rotatable bonds is 3. The van der Waals surface area contributed by atoms with Gasteiger partial charge in [0.15, 0.2) is 17.3 Å². The van der Waals surface area contributed by atoms with E-state index in [2.05, 4.69) is 20.3 Å². The molecule has 102 valence electrons. The number of hydrogen-bond donors (Lipinski definition) is 1. The molecule has 0 spiro atoms. The van der Waals surface area contributed by atoms with Crippen LogP contribution in [0, 0.1) is 11.3 Å². The fourth-order valence-corrected chi connectivity index (χ4v) is 1.77. The highest BCUT2D eigenvalue weighted by atomic mass is 35.5. The SMILES string of the molecule is N#Cc1cnc(Nc2ncc(-c3ccc(Cl)cc3)o2)cn1. The number of nitrogens with one attached hydrogen (secondary N) is 1. The van der Waals surface area contributed by atoms with Crippen molar-refractivity contribution in [3.05, 3.63) is 53.6 Å². The van der Waals surface area contributed by atoms with Gasteiger partial charge < -0.3 is 4.42 Å². The molecule has 0 saturated carbocycles. The second-order valence-corrected chi connectivity index (χ2v) is 4.50. The lowest BCUT2D eigenvalue weighted by molar-refractivity contribution is 0.591. The highest BCUT2D eigenvalue weighted by Gasteiger charge is 2.07. The molecule has 3 aromatic rings. The molecule has 21 heavy (non-hydrogen) atoms. The zero-order chi connectivity index (χ0) is 14.7. The van der Waals surface area contributed by atoms with Gasteiger partial charge >= 0.3 is 6.01 Å². The first kappa shape index (κ1) is 13.1. The summed E-state index contributed by atoms with van der Waals surface area (Å²) in [4.78, 5) is 12.0. The minimum absolute atomic E-state index is 0.245. The van der Waals surface area contributed by atoms with Gasteiger partial charge in [-0.05, 0) is 24.3 Å². The number of anilines is 2. The van der Waals surface area contributed by atoms with Crippen molar-refractivity contribution in [2.45, 2.75) is 0 Å². The molecular formula is C14H8ClN5O. The zero-order valence-corrected chi connectivity index (χ0v) is 11.4. The maximum absolute atomic E-state index is 8.65. The molecular weight excluding hydrogens is 290 g/mol. The van der Waals surface area contributed by atoms with Crippen molar-refractivity contribution in [1.29, 1.82) is 5.26 Å². The maximum atomic E-state index is 8.65. The minimum atomic E-state index is 0.245. The Morgan fingerprint density at radius 2 is 1.86 bits per heavy atom. The van der Waals surface area contributed by atoms with Gasteiger partial charge in [0.05, 0.1) is 18.6 Å². The maximum Gasteiger partial charge on any atom is 0.300 e. The van der Waals surface area contributed by atoms with E-state index < -0.39 is 0 Å². The third-order valence-electron chi connectivity index (χ3n) is 2.64. The summed E-state index contributed by atoms with van der Waals surface area (Å²) < 4.78 is 5.57. The average molecular weight is 298 g/mol. The summed E-state index contributed by atoms with van der Waals surface area (Å²) in [7, 11) is 0. The number of nitriles is 1. The van der Waals surface area contributed by atoms with Crippen molar-refractivity contribution < 1.29 is 4.42 Å². The van der Waals surface area contributed by atoms with E-state index in [4.69, 9.17) is 21.3 Å². The first-order chi connectivity index (χ1) is 10.2. The van der Waals surface area contributed by atoms with Crippen molar-refractivity contribution in [3.8, 4) is 17.4 Å². The predicted octanol–water partition coefficient (Wildman–Crippen LogP) is 3.40. The molecule has 0 unspecified atom stereocenters. The Morgan fingerprint density at radius 3 is 2.52 bits per heavy atom. The molecule has 1 aromatic carbocycles. The molecule has 0 aliphatic carbocycles. The molecule has 0 aliphatic heterocycles. The van der Waals surface area contributed by atoms with Crippen molar-refractivity contribution in [2.75, 3.05) is 5.32 Å². The molecule has 0 saturated heterocycles. The van der Waals surface area contributed by atoms with Crippen LogP contribution in [0.2, 0.25) is 5.02 Å². The molecule has 0 amide bonds. The Morgan fingerprint density at radius 1 is 1.05 bits per heavy atom. The first-order valence-corrected chi connectivity index (χ1v) is 6.33. The van der Waals surface area contributed by atoms with Crippen molar-refractivity contribution in [2.24, 2.45) is 0 Å². The van der Waals surface area contributed by atoms with E-state index >= 15 is 0 Å². The summed E-state index contributed by atoms with van der Waals surface area (Å²) in [6.45, 7) is 0. The highest BCUT2D eigenvalue weighted by Crippen LogP contribution is 2.25. The Labute approximate surface area is 125 Å². The number of nitrogens with zero attached hydrogens (tertiary/aromatic N) is 4. The van der Waals surface area contributed by atoms with Gasteiger partial charge in [0, 0.05) is 10.6 Å². The molecule has 0 bridgehead atoms. The number of hydrogen-bond acceptors (Lipinski definition) is 6. The predicted molar refractivity (Wildman–Crippen MR) is 77.0 cm³/mol. The zero-order valence-electron chi connectivity index (χ0n) is 10.6. The van der Waals surface area contributed by atoms with Gasteiger partial charge in [-0.15, -0.1) is 0 Å². The van der Waals surface area contributed by atoms with Crippen LogP contribution in [0.5, 0.6) is 0 Å². The van der Waals surface area contributed by atoms with Gasteiger partial charge in [-0.3, -0.25) is 5.32 Å². The lowest BCUT2D eigenvalue weighted by atomic mass is 10.2. The van der Waals surface area contributed by atoms with E-state index in [1.165, 1.54) is 12.4 Å². The van der Waals surface area contributed by atoms with Crippen LogP contribution in [0.4, 0.5) is 11.8 Å². The molecule has 7 heteroatoms. The smallest absolute Gasteiger partial charge is 0.300 e. The minimum Gasteiger partial charge on any atom is -0.423 e. The van der Waals surface area contributed by atoms with Crippen LogP contribution in [0.25, 0.3) is 11.3 Å². The molecule has 3 rings (SSSR count). The summed E-state index contributed by atoms with van der Waals surface area (Å²) in [5, 5.41) is 12.2. The number of benzene rings is 1. The number of aromatic nitrogens is 3.